The summed E-state index contributed by atoms with van der Waals surface area (Å²) in [5.41, 5.74) is 0.795. The van der Waals surface area contributed by atoms with Gasteiger partial charge >= 0.3 is 10.1 Å². The number of aryl methyl sites for hydroxylation is 2. The van der Waals surface area contributed by atoms with Crippen molar-refractivity contribution in [2.45, 2.75) is 10.1 Å². The zero-order chi connectivity index (χ0) is 24.0. The second-order valence-corrected chi connectivity index (χ2v) is 11.4. The summed E-state index contributed by atoms with van der Waals surface area (Å²) in [6, 6.07) is 6.43. The topological polar surface area (TPSA) is 120 Å². The quantitative estimate of drug-likeness (QED) is 0.438. The van der Waals surface area contributed by atoms with Gasteiger partial charge in [-0.3, -0.25) is 0 Å². The third kappa shape index (κ3) is 4.55. The lowest BCUT2D eigenvalue weighted by Gasteiger charge is -2.35. The lowest BCUT2D eigenvalue weighted by Crippen LogP contribution is -2.48. The Bertz CT molecular complexity index is 1380. The average Bonchev–Trinajstić information content (AvgIpc) is 3.30. The number of halogens is 2. The maximum atomic E-state index is 12.8. The molecule has 178 valence electrons. The van der Waals surface area contributed by atoms with Crippen LogP contribution in [0.15, 0.2) is 47.0 Å². The Kier molecular flexibility index (Phi) is 6.35. The summed E-state index contributed by atoms with van der Waals surface area (Å²) in [5, 5.41) is -0.502. The van der Waals surface area contributed by atoms with Crippen LogP contribution in [0.4, 0.5) is 5.69 Å². The molecule has 0 spiro atoms. The summed E-state index contributed by atoms with van der Waals surface area (Å²) in [7, 11) is -4.79. The van der Waals surface area contributed by atoms with Crippen molar-refractivity contribution in [3.63, 3.8) is 0 Å². The monoisotopic (exact) mass is 534 g/mol. The van der Waals surface area contributed by atoms with Gasteiger partial charge in [0.2, 0.25) is 10.1 Å². The first kappa shape index (κ1) is 23.8. The Morgan fingerprint density at radius 2 is 1.33 bits per heavy atom. The maximum Gasteiger partial charge on any atom is 0.360 e. The molecule has 0 radical (unpaired) electrons. The molecule has 0 unspecified atom stereocenters. The molecule has 1 aromatic carbocycles. The number of sulfonamides is 1. The molecule has 11 nitrogen and oxygen atoms in total. The van der Waals surface area contributed by atoms with Gasteiger partial charge in [-0.25, -0.2) is 18.4 Å². The second kappa shape index (κ2) is 8.80. The predicted octanol–water partition coefficient (Wildman–Crippen LogP) is 1.74. The fourth-order valence-corrected chi connectivity index (χ4v) is 6.47. The highest BCUT2D eigenvalue weighted by Gasteiger charge is 2.32. The van der Waals surface area contributed by atoms with Crippen molar-refractivity contribution in [1.82, 2.24) is 23.4 Å². The molecule has 3 aromatic rings. The minimum Gasteiger partial charge on any atom is -0.378 e. The molecule has 1 saturated heterocycles. The van der Waals surface area contributed by atoms with Gasteiger partial charge < -0.3 is 18.2 Å². The third-order valence-electron chi connectivity index (χ3n) is 5.14. The number of imidazole rings is 2. The molecule has 2 aromatic heterocycles. The predicted molar refractivity (Wildman–Crippen MR) is 122 cm³/mol. The van der Waals surface area contributed by atoms with E-state index in [0.717, 1.165) is 5.69 Å². The summed E-state index contributed by atoms with van der Waals surface area (Å²) in [6.07, 6.45) is 2.64. The van der Waals surface area contributed by atoms with Gasteiger partial charge in [0.1, 0.15) is 10.9 Å². The van der Waals surface area contributed by atoms with E-state index in [0.29, 0.717) is 13.1 Å². The molecule has 1 aliphatic heterocycles. The van der Waals surface area contributed by atoms with Crippen LogP contribution >= 0.6 is 23.2 Å². The molecular formula is C18H20Cl2N6O5S2. The molecule has 0 bridgehead atoms. The first-order valence-electron chi connectivity index (χ1n) is 9.64. The average molecular weight is 535 g/mol. The van der Waals surface area contributed by atoms with Crippen LogP contribution in [0.1, 0.15) is 0 Å². The van der Waals surface area contributed by atoms with Gasteiger partial charge in [0.05, 0.1) is 12.7 Å². The normalized spacial score (nSPS) is 15.7. The van der Waals surface area contributed by atoms with E-state index in [4.69, 9.17) is 27.4 Å². The van der Waals surface area contributed by atoms with Crippen LogP contribution in [0.5, 0.6) is 5.75 Å². The van der Waals surface area contributed by atoms with Crippen molar-refractivity contribution in [3.05, 3.63) is 47.2 Å². The van der Waals surface area contributed by atoms with Crippen molar-refractivity contribution >= 4 is 49.0 Å². The first-order valence-corrected chi connectivity index (χ1v) is 13.2. The highest BCUT2D eigenvalue weighted by Crippen LogP contribution is 2.27. The molecule has 0 N–H and O–H groups in total. The maximum absolute atomic E-state index is 12.8. The molecule has 1 aliphatic rings. The molecule has 1 fully saturated rings. The van der Waals surface area contributed by atoms with Crippen molar-refractivity contribution in [2.75, 3.05) is 31.1 Å². The van der Waals surface area contributed by atoms with Gasteiger partial charge in [-0.05, 0) is 24.3 Å². The van der Waals surface area contributed by atoms with Crippen LogP contribution in [0.25, 0.3) is 0 Å². The highest BCUT2D eigenvalue weighted by atomic mass is 35.5. The third-order valence-corrected chi connectivity index (χ3v) is 9.27. The summed E-state index contributed by atoms with van der Waals surface area (Å²) in [5.74, 6) is 0.103. The molecule has 0 aliphatic carbocycles. The summed E-state index contributed by atoms with van der Waals surface area (Å²) >= 11 is 12.0. The molecule has 0 saturated carbocycles. The van der Waals surface area contributed by atoms with E-state index >= 15 is 0 Å². The van der Waals surface area contributed by atoms with Crippen molar-refractivity contribution < 1.29 is 21.0 Å². The number of aromatic nitrogens is 4. The van der Waals surface area contributed by atoms with Crippen LogP contribution in [0.2, 0.25) is 10.3 Å². The van der Waals surface area contributed by atoms with Crippen molar-refractivity contribution in [2.24, 2.45) is 14.1 Å². The Morgan fingerprint density at radius 3 is 1.82 bits per heavy atom. The smallest absolute Gasteiger partial charge is 0.360 e. The van der Waals surface area contributed by atoms with E-state index < -0.39 is 20.1 Å². The minimum atomic E-state index is -4.18. The molecular weight excluding hydrogens is 515 g/mol. The number of nitrogens with zero attached hydrogens (tertiary/aromatic N) is 6. The number of benzene rings is 1. The van der Waals surface area contributed by atoms with Crippen LogP contribution in [0.3, 0.4) is 0 Å². The fraction of sp³-hybridized carbons (Fsp3) is 0.333. The number of hydrogen-bond donors (Lipinski definition) is 0. The van der Waals surface area contributed by atoms with Gasteiger partial charge in [0.15, 0.2) is 5.15 Å². The summed E-state index contributed by atoms with van der Waals surface area (Å²) in [4.78, 5) is 9.68. The number of anilines is 1. The zero-order valence-electron chi connectivity index (χ0n) is 17.6. The van der Waals surface area contributed by atoms with E-state index in [2.05, 4.69) is 9.97 Å². The minimum absolute atomic E-state index is 0.0496. The van der Waals surface area contributed by atoms with E-state index in [1.165, 1.54) is 38.2 Å². The summed E-state index contributed by atoms with van der Waals surface area (Å²) < 4.78 is 59.8. The van der Waals surface area contributed by atoms with E-state index in [-0.39, 0.29) is 39.2 Å². The Morgan fingerprint density at radius 1 is 0.818 bits per heavy atom. The molecule has 0 amide bonds. The second-order valence-electron chi connectivity index (χ2n) is 7.33. The SMILES string of the molecule is Cn1cnc(S(=O)(=O)Oc2ccc(N3CCN(S(=O)(=O)c4ncn(C)c4Cl)CC3)cc2)c1Cl. The van der Waals surface area contributed by atoms with E-state index in [9.17, 15) is 16.8 Å². The summed E-state index contributed by atoms with van der Waals surface area (Å²) in [6.45, 7) is 1.37. The Hall–Kier alpha value is -2.32. The molecule has 0 atom stereocenters. The van der Waals surface area contributed by atoms with Crippen molar-refractivity contribution in [1.29, 1.82) is 0 Å². The van der Waals surface area contributed by atoms with Gasteiger partial charge in [0.25, 0.3) is 10.0 Å². The zero-order valence-corrected chi connectivity index (χ0v) is 20.7. The van der Waals surface area contributed by atoms with E-state index in [1.54, 1.807) is 26.2 Å². The number of piperazine rings is 1. The number of rotatable bonds is 6. The lowest BCUT2D eigenvalue weighted by molar-refractivity contribution is 0.383. The van der Waals surface area contributed by atoms with Crippen molar-refractivity contribution in [3.8, 4) is 5.75 Å². The van der Waals surface area contributed by atoms with Gasteiger partial charge in [-0.15, -0.1) is 0 Å². The highest BCUT2D eigenvalue weighted by molar-refractivity contribution is 7.89. The first-order chi connectivity index (χ1) is 15.5. The van der Waals surface area contributed by atoms with Crippen LogP contribution in [0, 0.1) is 0 Å². The molecule has 15 heteroatoms. The van der Waals surface area contributed by atoms with Gasteiger partial charge in [-0.1, -0.05) is 23.2 Å². The standard InChI is InChI=1S/C18H20Cl2N6O5S2/c1-23-11-21-17(15(23)19)32(27,28)26-9-7-25(8-10-26)13-3-5-14(6-4-13)31-33(29,30)18-16(20)24(2)12-22-18/h3-6,11-12H,7-10H2,1-2H3. The molecule has 3 heterocycles. The van der Waals surface area contributed by atoms with E-state index in [1.807, 2.05) is 4.90 Å². The van der Waals surface area contributed by atoms with Crippen LogP contribution < -0.4 is 9.08 Å². The van der Waals surface area contributed by atoms with Gasteiger partial charge in [-0.2, -0.15) is 12.7 Å². The Labute approximate surface area is 201 Å². The number of hydrogen-bond acceptors (Lipinski definition) is 8. The van der Waals surface area contributed by atoms with Gasteiger partial charge in [0, 0.05) is 46.0 Å². The Balaban J connectivity index is 1.42. The van der Waals surface area contributed by atoms with Crippen LogP contribution in [-0.2, 0) is 34.2 Å². The molecule has 33 heavy (non-hydrogen) atoms. The van der Waals surface area contributed by atoms with Crippen LogP contribution in [-0.4, -0.2) is 66.4 Å². The fourth-order valence-electron chi connectivity index (χ4n) is 3.32. The largest absolute Gasteiger partial charge is 0.378 e. The lowest BCUT2D eigenvalue weighted by atomic mass is 10.2. The molecule has 4 rings (SSSR count).